The average Bonchev–Trinajstić information content (AvgIpc) is 2.73. The number of aliphatic carboxylic acids is 1. The molecule has 0 amide bonds. The van der Waals surface area contributed by atoms with Crippen LogP contribution < -0.4 is 5.32 Å². The van der Waals surface area contributed by atoms with E-state index in [2.05, 4.69) is 31.3 Å². The van der Waals surface area contributed by atoms with Gasteiger partial charge in [-0.25, -0.2) is 4.79 Å². The number of hydrogen-bond acceptors (Lipinski definition) is 2. The number of unbranched alkanes of at least 4 members (excludes halogenated alkanes) is 11. The molecule has 0 saturated carbocycles. The van der Waals surface area contributed by atoms with E-state index in [0.717, 1.165) is 17.3 Å². The lowest BCUT2D eigenvalue weighted by Crippen LogP contribution is -2.14. The molecule has 0 saturated heterocycles. The lowest BCUT2D eigenvalue weighted by molar-refractivity contribution is -0.131. The average molecular weight is 414 g/mol. The highest BCUT2D eigenvalue weighted by Crippen LogP contribution is 2.16. The van der Waals surface area contributed by atoms with Crippen molar-refractivity contribution < 1.29 is 9.90 Å². The van der Waals surface area contributed by atoms with Crippen LogP contribution in [0.1, 0.15) is 103 Å². The van der Waals surface area contributed by atoms with Crippen LogP contribution in [0.3, 0.4) is 0 Å². The summed E-state index contributed by atoms with van der Waals surface area (Å²) in [5.74, 6) is -0.929. The van der Waals surface area contributed by atoms with E-state index < -0.39 is 5.97 Å². The van der Waals surface area contributed by atoms with Crippen LogP contribution in [-0.4, -0.2) is 17.1 Å². The third-order valence-electron chi connectivity index (χ3n) is 5.45. The van der Waals surface area contributed by atoms with Gasteiger partial charge in [-0.2, -0.15) is 0 Å². The number of allylic oxidation sites excluding steroid dienone is 2. The largest absolute Gasteiger partial charge is 0.478 e. The van der Waals surface area contributed by atoms with Crippen LogP contribution in [0, 0.1) is 0 Å². The normalized spacial score (nSPS) is 12.6. The highest BCUT2D eigenvalue weighted by molar-refractivity contribution is 5.80. The van der Waals surface area contributed by atoms with Gasteiger partial charge in [0.15, 0.2) is 0 Å². The zero-order valence-electron chi connectivity index (χ0n) is 19.2. The molecule has 0 fully saturated rings. The Morgan fingerprint density at radius 2 is 1.40 bits per heavy atom. The molecule has 1 atom stereocenters. The second-order valence-corrected chi connectivity index (χ2v) is 8.40. The van der Waals surface area contributed by atoms with Crippen molar-refractivity contribution in [1.29, 1.82) is 0 Å². The molecule has 1 rings (SSSR count). The molecule has 0 spiro atoms. The number of carboxylic acids is 1. The Hall–Kier alpha value is -2.03. The zero-order chi connectivity index (χ0) is 21.9. The molecular weight excluding hydrogens is 370 g/mol. The van der Waals surface area contributed by atoms with Gasteiger partial charge in [-0.1, -0.05) is 114 Å². The van der Waals surface area contributed by atoms with E-state index in [0.29, 0.717) is 6.04 Å². The van der Waals surface area contributed by atoms with Crippen LogP contribution in [0.4, 0.5) is 5.69 Å². The van der Waals surface area contributed by atoms with Crippen molar-refractivity contribution >= 4 is 17.7 Å². The van der Waals surface area contributed by atoms with Crippen LogP contribution in [-0.2, 0) is 4.79 Å². The number of nitrogens with one attached hydrogen (secondary N) is 1. The number of hydrogen-bond donors (Lipinski definition) is 2. The van der Waals surface area contributed by atoms with E-state index in [1.807, 2.05) is 18.2 Å². The first kappa shape index (κ1) is 26.0. The molecule has 0 heterocycles. The van der Waals surface area contributed by atoms with Gasteiger partial charge in [0.05, 0.1) is 0 Å². The van der Waals surface area contributed by atoms with Gasteiger partial charge in [-0.3, -0.25) is 0 Å². The maximum absolute atomic E-state index is 10.4. The molecule has 0 aromatic heterocycles. The molecule has 168 valence electrons. The summed E-state index contributed by atoms with van der Waals surface area (Å²) < 4.78 is 0. The van der Waals surface area contributed by atoms with Crippen molar-refractivity contribution in [3.05, 3.63) is 48.1 Å². The monoisotopic (exact) mass is 413 g/mol. The van der Waals surface area contributed by atoms with E-state index in [9.17, 15) is 4.79 Å². The van der Waals surface area contributed by atoms with E-state index >= 15 is 0 Å². The maximum Gasteiger partial charge on any atom is 0.328 e. The molecule has 3 heteroatoms. The Morgan fingerprint density at radius 1 is 0.867 bits per heavy atom. The second-order valence-electron chi connectivity index (χ2n) is 8.40. The molecule has 1 unspecified atom stereocenters. The van der Waals surface area contributed by atoms with Gasteiger partial charge in [0.1, 0.15) is 0 Å². The first-order valence-electron chi connectivity index (χ1n) is 12.1. The fourth-order valence-electron chi connectivity index (χ4n) is 3.64. The minimum atomic E-state index is -0.929. The number of carboxylic acid groups (broad SMARTS) is 1. The second kappa shape index (κ2) is 17.8. The van der Waals surface area contributed by atoms with Gasteiger partial charge in [-0.05, 0) is 31.0 Å². The first-order valence-corrected chi connectivity index (χ1v) is 12.1. The van der Waals surface area contributed by atoms with Crippen molar-refractivity contribution in [2.45, 2.75) is 103 Å². The van der Waals surface area contributed by atoms with E-state index in [4.69, 9.17) is 5.11 Å². The van der Waals surface area contributed by atoms with Crippen LogP contribution >= 0.6 is 0 Å². The first-order chi connectivity index (χ1) is 14.6. The zero-order valence-corrected chi connectivity index (χ0v) is 19.2. The molecule has 1 aromatic rings. The molecule has 3 nitrogen and oxygen atoms in total. The van der Waals surface area contributed by atoms with Gasteiger partial charge in [0, 0.05) is 17.8 Å². The summed E-state index contributed by atoms with van der Waals surface area (Å²) in [4.78, 5) is 10.4. The fourth-order valence-corrected chi connectivity index (χ4v) is 3.64. The Kier molecular flexibility index (Phi) is 15.4. The predicted octanol–water partition coefficient (Wildman–Crippen LogP) is 8.23. The molecule has 0 aliphatic heterocycles. The Morgan fingerprint density at radius 3 is 1.93 bits per heavy atom. The highest BCUT2D eigenvalue weighted by Gasteiger charge is 2.02. The lowest BCUT2D eigenvalue weighted by Gasteiger charge is -2.15. The van der Waals surface area contributed by atoms with E-state index in [1.54, 1.807) is 6.08 Å². The van der Waals surface area contributed by atoms with E-state index in [-0.39, 0.29) is 0 Å². The highest BCUT2D eigenvalue weighted by atomic mass is 16.4. The summed E-state index contributed by atoms with van der Waals surface area (Å²) in [5, 5.41) is 12.1. The third-order valence-corrected chi connectivity index (χ3v) is 5.45. The maximum atomic E-state index is 10.4. The fraction of sp³-hybridized carbons (Fsp3) is 0.593. The van der Waals surface area contributed by atoms with Gasteiger partial charge < -0.3 is 10.4 Å². The summed E-state index contributed by atoms with van der Waals surface area (Å²) in [6.45, 7) is 4.53. The minimum absolute atomic E-state index is 0.480. The lowest BCUT2D eigenvalue weighted by atomic mass is 10.0. The smallest absolute Gasteiger partial charge is 0.328 e. The predicted molar refractivity (Wildman–Crippen MR) is 131 cm³/mol. The molecule has 0 radical (unpaired) electrons. The molecular formula is C27H43NO2. The van der Waals surface area contributed by atoms with Crippen molar-refractivity contribution in [2.75, 3.05) is 5.32 Å². The number of anilines is 1. The molecule has 0 bridgehead atoms. The van der Waals surface area contributed by atoms with Crippen molar-refractivity contribution in [3.63, 3.8) is 0 Å². The van der Waals surface area contributed by atoms with Crippen LogP contribution in [0.2, 0.25) is 0 Å². The number of benzene rings is 1. The van der Waals surface area contributed by atoms with E-state index in [1.165, 1.54) is 89.5 Å². The van der Waals surface area contributed by atoms with Crippen molar-refractivity contribution in [1.82, 2.24) is 0 Å². The molecule has 0 aliphatic rings. The molecule has 2 N–H and O–H groups in total. The summed E-state index contributed by atoms with van der Waals surface area (Å²) in [6, 6.07) is 8.74. The van der Waals surface area contributed by atoms with Crippen molar-refractivity contribution in [3.8, 4) is 0 Å². The third kappa shape index (κ3) is 14.9. The van der Waals surface area contributed by atoms with Gasteiger partial charge in [-0.15, -0.1) is 0 Å². The molecule has 0 aliphatic carbocycles. The van der Waals surface area contributed by atoms with Crippen LogP contribution in [0.15, 0.2) is 42.5 Å². The quantitative estimate of drug-likeness (QED) is 0.145. The Bertz CT molecular complexity index is 604. The number of carbonyl (C=O) groups is 1. The standard InChI is InChI=1S/C27H43NO2/c1-3-4-5-6-7-8-9-10-11-12-13-14-17-24(2)28-26-22-20-25(21-23-26)18-15-16-19-27(29)30/h15-16,18-24,28H,3-14,17H2,1-2H3,(H,29,30)/b18-15+,19-16+. The summed E-state index contributed by atoms with van der Waals surface area (Å²) in [7, 11) is 0. The van der Waals surface area contributed by atoms with Gasteiger partial charge >= 0.3 is 5.97 Å². The van der Waals surface area contributed by atoms with Crippen molar-refractivity contribution in [2.24, 2.45) is 0 Å². The number of rotatable bonds is 18. The SMILES string of the molecule is CCCCCCCCCCCCCCC(C)Nc1ccc(/C=C/C=C/C(=O)O)cc1. The molecule has 30 heavy (non-hydrogen) atoms. The van der Waals surface area contributed by atoms with Gasteiger partial charge in [0.2, 0.25) is 0 Å². The Balaban J connectivity index is 2.05. The summed E-state index contributed by atoms with van der Waals surface area (Å²) >= 11 is 0. The summed E-state index contributed by atoms with van der Waals surface area (Å²) in [5.41, 5.74) is 2.20. The molecule has 1 aromatic carbocycles. The Labute approximate surface area is 184 Å². The minimum Gasteiger partial charge on any atom is -0.478 e. The van der Waals surface area contributed by atoms with Crippen LogP contribution in [0.25, 0.3) is 6.08 Å². The van der Waals surface area contributed by atoms with Crippen LogP contribution in [0.5, 0.6) is 0 Å². The summed E-state index contributed by atoms with van der Waals surface area (Å²) in [6.07, 6.45) is 24.2. The van der Waals surface area contributed by atoms with Gasteiger partial charge in [0.25, 0.3) is 0 Å². The topological polar surface area (TPSA) is 49.3 Å².